The molecule has 0 unspecified atom stereocenters. The van der Waals surface area contributed by atoms with Crippen molar-refractivity contribution in [1.82, 2.24) is 9.78 Å². The van der Waals surface area contributed by atoms with Crippen molar-refractivity contribution in [2.24, 2.45) is 5.73 Å². The van der Waals surface area contributed by atoms with Gasteiger partial charge in [0.2, 0.25) is 5.96 Å². The molecular formula is C6H8ClN4O2-. The summed E-state index contributed by atoms with van der Waals surface area (Å²) in [5.74, 6) is -1.84. The molecule has 0 saturated heterocycles. The van der Waals surface area contributed by atoms with Gasteiger partial charge in [0.25, 0.3) is 0 Å². The van der Waals surface area contributed by atoms with Gasteiger partial charge in [0.15, 0.2) is 0 Å². The third-order valence-corrected chi connectivity index (χ3v) is 1.27. The van der Waals surface area contributed by atoms with E-state index in [-0.39, 0.29) is 18.1 Å². The van der Waals surface area contributed by atoms with Crippen LogP contribution in [-0.2, 0) is 0 Å². The van der Waals surface area contributed by atoms with E-state index in [1.165, 1.54) is 6.07 Å². The Kier molecular flexibility index (Phi) is 3.43. The second-order valence-corrected chi connectivity index (χ2v) is 2.26. The van der Waals surface area contributed by atoms with Crippen molar-refractivity contribution in [2.75, 3.05) is 0 Å². The lowest BCUT2D eigenvalue weighted by molar-refractivity contribution is -0.255. The average Bonchev–Trinajstić information content (AvgIpc) is 2.31. The van der Waals surface area contributed by atoms with Gasteiger partial charge in [-0.2, -0.15) is 9.78 Å². The van der Waals surface area contributed by atoms with Crippen LogP contribution in [0.1, 0.15) is 16.2 Å². The van der Waals surface area contributed by atoms with E-state index in [0.717, 1.165) is 4.68 Å². The lowest BCUT2D eigenvalue weighted by Crippen LogP contribution is -2.31. The number of hydrogen-bond donors (Lipinski definition) is 2. The van der Waals surface area contributed by atoms with Crippen LogP contribution in [0.25, 0.3) is 0 Å². The van der Waals surface area contributed by atoms with Crippen molar-refractivity contribution >= 4 is 24.3 Å². The highest BCUT2D eigenvalue weighted by atomic mass is 35.5. The van der Waals surface area contributed by atoms with E-state index >= 15 is 0 Å². The topological polar surface area (TPSA) is 108 Å². The zero-order chi connectivity index (χ0) is 9.30. The number of aromatic carboxylic acids is 1. The molecule has 0 aromatic carbocycles. The number of nitrogens with one attached hydrogen (secondary N) is 1. The van der Waals surface area contributed by atoms with Crippen LogP contribution in [0.3, 0.4) is 0 Å². The van der Waals surface area contributed by atoms with Gasteiger partial charge < -0.3 is 15.6 Å². The van der Waals surface area contributed by atoms with E-state index < -0.39 is 11.9 Å². The maximum atomic E-state index is 10.4. The van der Waals surface area contributed by atoms with Gasteiger partial charge in [-0.25, -0.2) is 0 Å². The third-order valence-electron chi connectivity index (χ3n) is 1.27. The third kappa shape index (κ3) is 2.19. The Morgan fingerprint density at radius 2 is 2.31 bits per heavy atom. The fraction of sp³-hybridized carbons (Fsp3) is 0.167. The van der Waals surface area contributed by atoms with E-state index in [9.17, 15) is 9.90 Å². The van der Waals surface area contributed by atoms with Crippen molar-refractivity contribution in [1.29, 1.82) is 5.41 Å². The van der Waals surface area contributed by atoms with Gasteiger partial charge >= 0.3 is 0 Å². The molecule has 1 rings (SSSR count). The zero-order valence-corrected chi connectivity index (χ0v) is 7.59. The molecule has 0 bridgehead atoms. The molecular weight excluding hydrogens is 196 g/mol. The van der Waals surface area contributed by atoms with Crippen molar-refractivity contribution in [3.05, 3.63) is 17.5 Å². The van der Waals surface area contributed by atoms with Crippen molar-refractivity contribution in [3.63, 3.8) is 0 Å². The molecule has 0 aliphatic rings. The molecule has 0 aliphatic carbocycles. The molecule has 0 radical (unpaired) electrons. The van der Waals surface area contributed by atoms with Gasteiger partial charge in [0, 0.05) is 0 Å². The molecule has 1 aromatic heterocycles. The Bertz CT molecular complexity index is 315. The van der Waals surface area contributed by atoms with E-state index in [4.69, 9.17) is 11.1 Å². The van der Waals surface area contributed by atoms with Gasteiger partial charge in [-0.1, -0.05) is 0 Å². The second kappa shape index (κ2) is 3.90. The molecule has 0 spiro atoms. The number of nitrogen functional groups attached to an aromatic ring is 1. The SMILES string of the molecule is Cc1cc(C(=O)[O-])n(C(=N)N)n1.Cl. The number of nitrogens with zero attached hydrogens (tertiary/aromatic N) is 2. The molecule has 0 atom stereocenters. The Morgan fingerprint density at radius 1 is 1.77 bits per heavy atom. The highest BCUT2D eigenvalue weighted by Crippen LogP contribution is 2.00. The average molecular weight is 204 g/mol. The molecule has 72 valence electrons. The second-order valence-electron chi connectivity index (χ2n) is 2.26. The monoisotopic (exact) mass is 203 g/mol. The molecule has 0 aliphatic heterocycles. The fourth-order valence-electron chi connectivity index (χ4n) is 0.829. The number of aryl methyl sites for hydroxylation is 1. The summed E-state index contributed by atoms with van der Waals surface area (Å²) in [4.78, 5) is 10.4. The number of nitrogens with two attached hydrogens (primary N) is 1. The Labute approximate surface area is 80.3 Å². The fourth-order valence-corrected chi connectivity index (χ4v) is 0.829. The van der Waals surface area contributed by atoms with Gasteiger partial charge in [-0.3, -0.25) is 5.41 Å². The van der Waals surface area contributed by atoms with Crippen LogP contribution in [0.5, 0.6) is 0 Å². The minimum Gasteiger partial charge on any atom is -0.543 e. The van der Waals surface area contributed by atoms with E-state index in [1.54, 1.807) is 6.92 Å². The first-order chi connectivity index (χ1) is 5.52. The zero-order valence-electron chi connectivity index (χ0n) is 6.77. The smallest absolute Gasteiger partial charge is 0.214 e. The molecule has 1 aromatic rings. The van der Waals surface area contributed by atoms with Crippen LogP contribution in [0.15, 0.2) is 6.07 Å². The van der Waals surface area contributed by atoms with E-state index in [1.807, 2.05) is 0 Å². The Morgan fingerprint density at radius 3 is 2.62 bits per heavy atom. The summed E-state index contributed by atoms with van der Waals surface area (Å²) >= 11 is 0. The summed E-state index contributed by atoms with van der Waals surface area (Å²) in [6.45, 7) is 1.60. The summed E-state index contributed by atoms with van der Waals surface area (Å²) in [6, 6.07) is 1.29. The minimum absolute atomic E-state index is 0. The van der Waals surface area contributed by atoms with E-state index in [0.29, 0.717) is 5.69 Å². The maximum absolute atomic E-state index is 10.4. The molecule has 13 heavy (non-hydrogen) atoms. The first-order valence-corrected chi connectivity index (χ1v) is 3.15. The normalized spacial score (nSPS) is 9.00. The first kappa shape index (κ1) is 11.4. The number of rotatable bonds is 1. The Hall–Kier alpha value is -1.56. The maximum Gasteiger partial charge on any atom is 0.214 e. The summed E-state index contributed by atoms with van der Waals surface area (Å²) in [5, 5.41) is 21.1. The predicted octanol–water partition coefficient (Wildman–Crippen LogP) is -1.28. The van der Waals surface area contributed by atoms with Crippen LogP contribution >= 0.6 is 12.4 Å². The molecule has 0 saturated carbocycles. The molecule has 6 nitrogen and oxygen atoms in total. The van der Waals surface area contributed by atoms with Gasteiger partial charge in [-0.15, -0.1) is 12.4 Å². The van der Waals surface area contributed by atoms with Crippen LogP contribution < -0.4 is 10.8 Å². The van der Waals surface area contributed by atoms with E-state index in [2.05, 4.69) is 5.10 Å². The molecule has 1 heterocycles. The lowest BCUT2D eigenvalue weighted by atomic mass is 10.4. The number of carbonyl (C=O) groups is 1. The van der Waals surface area contributed by atoms with Gasteiger partial charge in [0.05, 0.1) is 17.4 Å². The highest BCUT2D eigenvalue weighted by Gasteiger charge is 2.07. The number of carboxylic acids is 1. The molecule has 7 heteroatoms. The number of hydrogen-bond acceptors (Lipinski definition) is 4. The number of carboxylic acid groups (broad SMARTS) is 1. The summed E-state index contributed by atoms with van der Waals surface area (Å²) in [6.07, 6.45) is 0. The number of carbonyl (C=O) groups excluding carboxylic acids is 1. The minimum atomic E-state index is -1.40. The van der Waals surface area contributed by atoms with Crippen LogP contribution in [0, 0.1) is 12.3 Å². The van der Waals surface area contributed by atoms with Crippen LogP contribution in [0.4, 0.5) is 0 Å². The summed E-state index contributed by atoms with van der Waals surface area (Å²) < 4.78 is 0.810. The summed E-state index contributed by atoms with van der Waals surface area (Å²) in [7, 11) is 0. The molecule has 3 N–H and O–H groups in total. The first-order valence-electron chi connectivity index (χ1n) is 3.15. The summed E-state index contributed by atoms with van der Waals surface area (Å²) in [5.41, 5.74) is 5.33. The highest BCUT2D eigenvalue weighted by molar-refractivity contribution is 5.90. The van der Waals surface area contributed by atoms with Gasteiger partial charge in [0.1, 0.15) is 0 Å². The molecule has 0 fully saturated rings. The van der Waals surface area contributed by atoms with Crippen molar-refractivity contribution < 1.29 is 9.90 Å². The number of aromatic nitrogens is 2. The Balaban J connectivity index is 0.00000144. The lowest BCUT2D eigenvalue weighted by Gasteiger charge is -2.03. The van der Waals surface area contributed by atoms with Crippen molar-refractivity contribution in [3.8, 4) is 0 Å². The predicted molar refractivity (Wildman–Crippen MR) is 45.9 cm³/mol. The largest absolute Gasteiger partial charge is 0.543 e. The quantitative estimate of drug-likeness (QED) is 0.438. The standard InChI is InChI=1S/C6H8N4O2.ClH/c1-3-2-4(5(11)12)10(9-3)6(7)8;/h2H,1H3,(H3,7,8)(H,11,12);1H/p-1. The number of halogens is 1. The molecule has 0 amide bonds. The van der Waals surface area contributed by atoms with Crippen molar-refractivity contribution in [2.45, 2.75) is 6.92 Å². The van der Waals surface area contributed by atoms with Crippen LogP contribution in [0.2, 0.25) is 0 Å². The van der Waals surface area contributed by atoms with Gasteiger partial charge in [-0.05, 0) is 13.0 Å². The van der Waals surface area contributed by atoms with Crippen LogP contribution in [-0.4, -0.2) is 21.7 Å².